The van der Waals surface area contributed by atoms with Crippen LogP contribution in [0.3, 0.4) is 0 Å². The van der Waals surface area contributed by atoms with E-state index in [1.54, 1.807) is 48.7 Å². The highest BCUT2D eigenvalue weighted by molar-refractivity contribution is 5.96. The lowest BCUT2D eigenvalue weighted by atomic mass is 10.2. The molecule has 0 radical (unpaired) electrons. The highest BCUT2D eigenvalue weighted by Crippen LogP contribution is 2.19. The Balaban J connectivity index is 1.55. The Morgan fingerprint density at radius 2 is 1.88 bits per heavy atom. The summed E-state index contributed by atoms with van der Waals surface area (Å²) in [6.45, 7) is 0.0564. The van der Waals surface area contributed by atoms with E-state index in [1.807, 2.05) is 6.07 Å². The number of para-hydroxylation sites is 1. The number of nitrogens with zero attached hydrogens (tertiary/aromatic N) is 1. The van der Waals surface area contributed by atoms with E-state index in [1.165, 1.54) is 6.07 Å². The fraction of sp³-hybridized carbons (Fsp3) is 0.0556. The second kappa shape index (κ2) is 7.72. The van der Waals surface area contributed by atoms with Crippen molar-refractivity contribution in [1.29, 1.82) is 5.26 Å². The van der Waals surface area contributed by atoms with E-state index in [2.05, 4.69) is 15.8 Å². The number of hydrazine groups is 1. The van der Waals surface area contributed by atoms with Gasteiger partial charge in [0.1, 0.15) is 29.9 Å². The molecule has 3 N–H and O–H groups in total. The minimum absolute atomic E-state index is 0.0176. The molecule has 26 heavy (non-hydrogen) atoms. The summed E-state index contributed by atoms with van der Waals surface area (Å²) in [6, 6.07) is 15.1. The van der Waals surface area contributed by atoms with Crippen molar-refractivity contribution in [2.24, 2.45) is 0 Å². The number of ether oxygens (including phenoxy) is 1. The lowest BCUT2D eigenvalue weighted by Crippen LogP contribution is -2.41. The predicted octanol–water partition coefficient (Wildman–Crippen LogP) is 2.13. The first-order valence-corrected chi connectivity index (χ1v) is 7.62. The minimum atomic E-state index is -0.603. The number of furan rings is 1. The van der Waals surface area contributed by atoms with Crippen LogP contribution in [0.1, 0.15) is 32.4 Å². The lowest BCUT2D eigenvalue weighted by molar-refractivity contribution is 0.0826. The maximum absolute atomic E-state index is 12.0. The van der Waals surface area contributed by atoms with Crippen molar-refractivity contribution >= 4 is 11.8 Å². The molecule has 130 valence electrons. The van der Waals surface area contributed by atoms with Crippen LogP contribution in [0.2, 0.25) is 0 Å². The van der Waals surface area contributed by atoms with Crippen LogP contribution >= 0.6 is 0 Å². The number of rotatable bonds is 5. The maximum Gasteiger partial charge on any atom is 0.305 e. The van der Waals surface area contributed by atoms with E-state index in [9.17, 15) is 9.59 Å². The summed E-state index contributed by atoms with van der Waals surface area (Å²) in [7, 11) is 0. The zero-order valence-electron chi connectivity index (χ0n) is 13.5. The molecule has 3 rings (SSSR count). The summed E-state index contributed by atoms with van der Waals surface area (Å²) in [5.41, 5.74) is 5.25. The van der Waals surface area contributed by atoms with Gasteiger partial charge in [-0.1, -0.05) is 12.1 Å². The van der Waals surface area contributed by atoms with Crippen molar-refractivity contribution in [2.75, 3.05) is 0 Å². The van der Waals surface area contributed by atoms with Gasteiger partial charge in [0.05, 0.1) is 5.56 Å². The summed E-state index contributed by atoms with van der Waals surface area (Å²) >= 11 is 0. The molecular weight excluding hydrogens is 336 g/mol. The number of carbonyl (C=O) groups is 2. The molecule has 0 unspecified atom stereocenters. The lowest BCUT2D eigenvalue weighted by Gasteiger charge is -2.06. The Bertz CT molecular complexity index is 954. The normalized spacial score (nSPS) is 9.96. The van der Waals surface area contributed by atoms with Crippen LogP contribution < -0.4 is 15.6 Å². The standard InChI is InChI=1S/C18H14N4O4/c19-10-12-4-1-2-6-15(12)25-11-13-7-8-16(26-13)18(24)22-21-17(23)14-5-3-9-20-14/h1-9,20H,11H2,(H,21,23)(H,22,24). The van der Waals surface area contributed by atoms with Crippen molar-refractivity contribution in [3.63, 3.8) is 0 Å². The third-order valence-electron chi connectivity index (χ3n) is 3.40. The van der Waals surface area contributed by atoms with Crippen molar-refractivity contribution in [1.82, 2.24) is 15.8 Å². The molecule has 0 fully saturated rings. The maximum atomic E-state index is 12.0. The quantitative estimate of drug-likeness (QED) is 0.609. The average Bonchev–Trinajstić information content (AvgIpc) is 3.36. The van der Waals surface area contributed by atoms with Gasteiger partial charge in [0.2, 0.25) is 0 Å². The first-order chi connectivity index (χ1) is 12.7. The molecule has 8 heteroatoms. The molecule has 0 aliphatic heterocycles. The number of benzene rings is 1. The Labute approximate surface area is 148 Å². The van der Waals surface area contributed by atoms with Gasteiger partial charge in [-0.2, -0.15) is 5.26 Å². The third-order valence-corrected chi connectivity index (χ3v) is 3.40. The second-order valence-electron chi connectivity index (χ2n) is 5.15. The van der Waals surface area contributed by atoms with Crippen LogP contribution in [0.4, 0.5) is 0 Å². The number of nitriles is 1. The van der Waals surface area contributed by atoms with Crippen molar-refractivity contribution in [2.45, 2.75) is 6.61 Å². The Kier molecular flexibility index (Phi) is 5.00. The largest absolute Gasteiger partial charge is 0.484 e. The fourth-order valence-electron chi connectivity index (χ4n) is 2.13. The minimum Gasteiger partial charge on any atom is -0.484 e. The topological polar surface area (TPSA) is 120 Å². The monoisotopic (exact) mass is 350 g/mol. The second-order valence-corrected chi connectivity index (χ2v) is 5.15. The highest BCUT2D eigenvalue weighted by Gasteiger charge is 2.14. The van der Waals surface area contributed by atoms with E-state index in [0.29, 0.717) is 22.8 Å². The van der Waals surface area contributed by atoms with E-state index in [4.69, 9.17) is 14.4 Å². The first-order valence-electron chi connectivity index (χ1n) is 7.62. The van der Waals surface area contributed by atoms with Crippen molar-refractivity contribution in [3.8, 4) is 11.8 Å². The van der Waals surface area contributed by atoms with Crippen LogP contribution in [-0.2, 0) is 6.61 Å². The van der Waals surface area contributed by atoms with Gasteiger partial charge in [-0.05, 0) is 36.4 Å². The molecule has 2 amide bonds. The predicted molar refractivity (Wildman–Crippen MR) is 89.9 cm³/mol. The number of hydrogen-bond acceptors (Lipinski definition) is 5. The summed E-state index contributed by atoms with van der Waals surface area (Å²) in [4.78, 5) is 26.4. The third kappa shape index (κ3) is 3.91. The Morgan fingerprint density at radius 1 is 1.08 bits per heavy atom. The molecule has 2 aromatic heterocycles. The van der Waals surface area contributed by atoms with Gasteiger partial charge in [0.25, 0.3) is 5.91 Å². The zero-order chi connectivity index (χ0) is 18.4. The number of nitrogens with one attached hydrogen (secondary N) is 3. The van der Waals surface area contributed by atoms with Gasteiger partial charge in [0.15, 0.2) is 5.76 Å². The zero-order valence-corrected chi connectivity index (χ0v) is 13.5. The van der Waals surface area contributed by atoms with Gasteiger partial charge in [-0.25, -0.2) is 0 Å². The fourth-order valence-corrected chi connectivity index (χ4v) is 2.13. The molecule has 8 nitrogen and oxygen atoms in total. The van der Waals surface area contributed by atoms with Crippen LogP contribution in [-0.4, -0.2) is 16.8 Å². The molecule has 0 saturated carbocycles. The Morgan fingerprint density at radius 3 is 2.65 bits per heavy atom. The average molecular weight is 350 g/mol. The smallest absolute Gasteiger partial charge is 0.305 e. The number of amides is 2. The van der Waals surface area contributed by atoms with Gasteiger partial charge in [-0.15, -0.1) is 0 Å². The van der Waals surface area contributed by atoms with E-state index >= 15 is 0 Å². The summed E-state index contributed by atoms with van der Waals surface area (Å²) in [6.07, 6.45) is 1.60. The van der Waals surface area contributed by atoms with Gasteiger partial charge in [-0.3, -0.25) is 20.4 Å². The van der Waals surface area contributed by atoms with E-state index in [-0.39, 0.29) is 12.4 Å². The molecule has 2 heterocycles. The molecule has 0 spiro atoms. The van der Waals surface area contributed by atoms with E-state index < -0.39 is 11.8 Å². The van der Waals surface area contributed by atoms with Crippen molar-refractivity contribution in [3.05, 3.63) is 77.5 Å². The summed E-state index contributed by atoms with van der Waals surface area (Å²) in [5, 5.41) is 9.02. The summed E-state index contributed by atoms with van der Waals surface area (Å²) in [5.74, 6) is -0.238. The van der Waals surface area contributed by atoms with Crippen LogP contribution in [0.15, 0.2) is 59.1 Å². The molecular formula is C18H14N4O4. The molecule has 3 aromatic rings. The molecule has 0 saturated heterocycles. The first kappa shape index (κ1) is 16.9. The molecule has 1 aromatic carbocycles. The van der Waals surface area contributed by atoms with Crippen molar-refractivity contribution < 1.29 is 18.7 Å². The highest BCUT2D eigenvalue weighted by atomic mass is 16.5. The van der Waals surface area contributed by atoms with Crippen LogP contribution in [0.5, 0.6) is 5.75 Å². The van der Waals surface area contributed by atoms with E-state index in [0.717, 1.165) is 0 Å². The van der Waals surface area contributed by atoms with Crippen LogP contribution in [0, 0.1) is 11.3 Å². The molecule has 0 bridgehead atoms. The molecule has 0 aliphatic carbocycles. The Hall–Kier alpha value is -3.99. The number of aromatic amines is 1. The van der Waals surface area contributed by atoms with Gasteiger partial charge >= 0.3 is 5.91 Å². The number of aromatic nitrogens is 1. The van der Waals surface area contributed by atoms with Gasteiger partial charge < -0.3 is 14.1 Å². The number of carbonyl (C=O) groups excluding carboxylic acids is 2. The summed E-state index contributed by atoms with van der Waals surface area (Å²) < 4.78 is 10.9. The number of hydrogen-bond donors (Lipinski definition) is 3. The molecule has 0 aliphatic rings. The van der Waals surface area contributed by atoms with Crippen LogP contribution in [0.25, 0.3) is 0 Å². The number of H-pyrrole nitrogens is 1. The van der Waals surface area contributed by atoms with Gasteiger partial charge in [0, 0.05) is 6.20 Å². The SMILES string of the molecule is N#Cc1ccccc1OCc1ccc(C(=O)NNC(=O)c2ccc[nH]2)o1. The molecule has 0 atom stereocenters.